The molecule has 10 heteroatoms. The maximum atomic E-state index is 14.9. The number of nitrogens with one attached hydrogen (secondary N) is 2. The second kappa shape index (κ2) is 9.66. The van der Waals surface area contributed by atoms with Crippen molar-refractivity contribution >= 4 is 11.8 Å². The molecular formula is C25H23F4N3O3. The van der Waals surface area contributed by atoms with Gasteiger partial charge in [-0.3, -0.25) is 9.59 Å². The molecule has 0 saturated carbocycles. The average Bonchev–Trinajstić information content (AvgIpc) is 3.20. The number of rotatable bonds is 5. The van der Waals surface area contributed by atoms with Crippen LogP contribution >= 0.6 is 0 Å². The maximum Gasteiger partial charge on any atom is 0.416 e. The molecule has 2 aromatic carbocycles. The summed E-state index contributed by atoms with van der Waals surface area (Å²) in [6.07, 6.45) is -5.57. The highest BCUT2D eigenvalue weighted by Gasteiger charge is 2.44. The first-order valence-electron chi connectivity index (χ1n) is 11.1. The Morgan fingerprint density at radius 3 is 2.46 bits per heavy atom. The Bertz CT molecular complexity index is 1140. The van der Waals surface area contributed by atoms with Gasteiger partial charge in [-0.25, -0.2) is 4.39 Å². The highest BCUT2D eigenvalue weighted by atomic mass is 19.4. The van der Waals surface area contributed by atoms with Crippen LogP contribution in [0.1, 0.15) is 47.3 Å². The number of alkyl halides is 4. The van der Waals surface area contributed by atoms with E-state index in [2.05, 4.69) is 16.7 Å². The molecule has 0 bridgehead atoms. The molecule has 4 atom stereocenters. The number of carbonyl (C=O) groups excluding carboxylic acids is 2. The van der Waals surface area contributed by atoms with Crippen molar-refractivity contribution in [1.29, 1.82) is 5.26 Å². The summed E-state index contributed by atoms with van der Waals surface area (Å²) in [5.74, 6) is -1.56. The van der Waals surface area contributed by atoms with E-state index in [9.17, 15) is 32.4 Å². The third-order valence-corrected chi connectivity index (χ3v) is 6.50. The summed E-state index contributed by atoms with van der Waals surface area (Å²) in [6.45, 7) is 0.421. The number of benzene rings is 2. The van der Waals surface area contributed by atoms with Gasteiger partial charge in [0.05, 0.1) is 30.3 Å². The fourth-order valence-electron chi connectivity index (χ4n) is 4.55. The van der Waals surface area contributed by atoms with Crippen molar-refractivity contribution < 1.29 is 31.9 Å². The number of nitriles is 1. The van der Waals surface area contributed by atoms with Gasteiger partial charge in [-0.1, -0.05) is 36.4 Å². The summed E-state index contributed by atoms with van der Waals surface area (Å²) in [5.41, 5.74) is -0.928. The van der Waals surface area contributed by atoms with E-state index in [1.165, 1.54) is 0 Å². The standard InChI is InChI=1S/C25H23F4N3O3/c26-20(15-6-8-17(9-7-15)25(27,28)29)22(33)31-19-12-16-4-1-2-5-18(16)21(19)32-23(34)24(13-30)10-3-11-35-14-24/h1-2,4-9,19-21H,3,10-12,14H2,(H,31,33)(H,32,34)/t19-,20?,21-,24?/m1/s1. The fourth-order valence-corrected chi connectivity index (χ4v) is 4.55. The Balaban J connectivity index is 1.51. The minimum Gasteiger partial charge on any atom is -0.379 e. The van der Waals surface area contributed by atoms with Crippen molar-refractivity contribution in [2.45, 2.75) is 43.7 Å². The zero-order valence-electron chi connectivity index (χ0n) is 18.6. The molecule has 2 N–H and O–H groups in total. The van der Waals surface area contributed by atoms with E-state index in [-0.39, 0.29) is 12.2 Å². The van der Waals surface area contributed by atoms with Gasteiger partial charge in [0.2, 0.25) is 12.1 Å². The van der Waals surface area contributed by atoms with Crippen LogP contribution in [0.4, 0.5) is 17.6 Å². The van der Waals surface area contributed by atoms with Crippen molar-refractivity contribution in [2.24, 2.45) is 5.41 Å². The number of ether oxygens (including phenoxy) is 1. The minimum atomic E-state index is -4.57. The monoisotopic (exact) mass is 489 g/mol. The van der Waals surface area contributed by atoms with Crippen molar-refractivity contribution in [3.8, 4) is 6.07 Å². The third kappa shape index (κ3) is 5.00. The van der Waals surface area contributed by atoms with Crippen molar-refractivity contribution in [2.75, 3.05) is 13.2 Å². The number of fused-ring (bicyclic) bond motifs is 1. The lowest BCUT2D eigenvalue weighted by atomic mass is 9.82. The second-order valence-electron chi connectivity index (χ2n) is 8.80. The normalized spacial score (nSPS) is 24.7. The van der Waals surface area contributed by atoms with Crippen LogP contribution in [0.5, 0.6) is 0 Å². The van der Waals surface area contributed by atoms with E-state index in [1.807, 2.05) is 6.07 Å². The van der Waals surface area contributed by atoms with E-state index in [4.69, 9.17) is 4.74 Å². The van der Waals surface area contributed by atoms with Crippen LogP contribution in [0.2, 0.25) is 0 Å². The summed E-state index contributed by atoms with van der Waals surface area (Å²) in [4.78, 5) is 25.8. The predicted octanol–water partition coefficient (Wildman–Crippen LogP) is 3.93. The molecule has 1 heterocycles. The van der Waals surface area contributed by atoms with Crippen LogP contribution in [0.3, 0.4) is 0 Å². The average molecular weight is 489 g/mol. The molecule has 4 rings (SSSR count). The number of hydrogen-bond donors (Lipinski definition) is 2. The SMILES string of the molecule is N#CC1(C(=O)N[C@@H]2c3ccccc3C[C@H]2NC(=O)C(F)c2ccc(C(F)(F)F)cc2)CCCOC1. The highest BCUT2D eigenvalue weighted by Crippen LogP contribution is 2.35. The predicted molar refractivity (Wildman–Crippen MR) is 116 cm³/mol. The lowest BCUT2D eigenvalue weighted by molar-refractivity contribution is -0.137. The molecule has 0 aromatic heterocycles. The molecular weight excluding hydrogens is 466 g/mol. The van der Waals surface area contributed by atoms with Gasteiger partial charge >= 0.3 is 6.18 Å². The smallest absolute Gasteiger partial charge is 0.379 e. The molecule has 2 aromatic rings. The quantitative estimate of drug-likeness (QED) is 0.623. The molecule has 1 fully saturated rings. The lowest BCUT2D eigenvalue weighted by Crippen LogP contribution is -2.51. The van der Waals surface area contributed by atoms with Gasteiger partial charge in [0.1, 0.15) is 0 Å². The van der Waals surface area contributed by atoms with E-state index in [0.717, 1.165) is 35.4 Å². The van der Waals surface area contributed by atoms with Gasteiger partial charge in [0.15, 0.2) is 5.41 Å². The Morgan fingerprint density at radius 2 is 1.83 bits per heavy atom. The van der Waals surface area contributed by atoms with Crippen LogP contribution in [-0.4, -0.2) is 31.1 Å². The van der Waals surface area contributed by atoms with Crippen LogP contribution in [-0.2, 0) is 26.9 Å². The molecule has 2 aliphatic rings. The summed E-state index contributed by atoms with van der Waals surface area (Å²) in [7, 11) is 0. The van der Waals surface area contributed by atoms with Gasteiger partial charge in [-0.05, 0) is 48.1 Å². The number of halogens is 4. The van der Waals surface area contributed by atoms with Crippen molar-refractivity contribution in [3.05, 3.63) is 70.8 Å². The van der Waals surface area contributed by atoms with Gasteiger partial charge in [0.25, 0.3) is 5.91 Å². The largest absolute Gasteiger partial charge is 0.416 e. The molecule has 0 spiro atoms. The van der Waals surface area contributed by atoms with Gasteiger partial charge in [-0.2, -0.15) is 18.4 Å². The summed E-state index contributed by atoms with van der Waals surface area (Å²) < 4.78 is 58.6. The molecule has 1 aliphatic heterocycles. The van der Waals surface area contributed by atoms with Crippen LogP contribution in [0, 0.1) is 16.7 Å². The fraction of sp³-hybridized carbons (Fsp3) is 0.400. The van der Waals surface area contributed by atoms with Crippen molar-refractivity contribution in [3.63, 3.8) is 0 Å². The van der Waals surface area contributed by atoms with E-state index in [1.54, 1.807) is 18.2 Å². The summed E-state index contributed by atoms with van der Waals surface area (Å²) >= 11 is 0. The van der Waals surface area contributed by atoms with E-state index in [0.29, 0.717) is 25.9 Å². The third-order valence-electron chi connectivity index (χ3n) is 6.50. The Kier molecular flexibility index (Phi) is 6.81. The molecule has 184 valence electrons. The number of hydrogen-bond acceptors (Lipinski definition) is 4. The van der Waals surface area contributed by atoms with Crippen LogP contribution in [0.25, 0.3) is 0 Å². The molecule has 0 radical (unpaired) electrons. The van der Waals surface area contributed by atoms with Crippen LogP contribution < -0.4 is 10.6 Å². The topological polar surface area (TPSA) is 91.2 Å². The zero-order chi connectivity index (χ0) is 25.2. The minimum absolute atomic E-state index is 0.0405. The number of nitrogens with zero attached hydrogens (tertiary/aromatic N) is 1. The first kappa shape index (κ1) is 24.7. The number of amides is 2. The molecule has 35 heavy (non-hydrogen) atoms. The lowest BCUT2D eigenvalue weighted by Gasteiger charge is -2.32. The van der Waals surface area contributed by atoms with Gasteiger partial charge in [-0.15, -0.1) is 0 Å². The molecule has 2 amide bonds. The van der Waals surface area contributed by atoms with Gasteiger partial charge in [0, 0.05) is 6.61 Å². The molecule has 1 saturated heterocycles. The summed E-state index contributed by atoms with van der Waals surface area (Å²) in [5, 5.41) is 15.1. The van der Waals surface area contributed by atoms with Gasteiger partial charge < -0.3 is 15.4 Å². The Hall–Kier alpha value is -3.45. The number of carbonyl (C=O) groups is 2. The summed E-state index contributed by atoms with van der Waals surface area (Å²) in [6, 6.07) is 11.1. The first-order chi connectivity index (χ1) is 16.6. The Morgan fingerprint density at radius 1 is 1.11 bits per heavy atom. The molecule has 1 aliphatic carbocycles. The van der Waals surface area contributed by atoms with E-state index >= 15 is 0 Å². The second-order valence-corrected chi connectivity index (χ2v) is 8.80. The maximum absolute atomic E-state index is 14.9. The molecule has 6 nitrogen and oxygen atoms in total. The Labute approximate surface area is 199 Å². The van der Waals surface area contributed by atoms with Crippen molar-refractivity contribution in [1.82, 2.24) is 10.6 Å². The van der Waals surface area contributed by atoms with E-state index < -0.39 is 47.2 Å². The zero-order valence-corrected chi connectivity index (χ0v) is 18.6. The first-order valence-corrected chi connectivity index (χ1v) is 11.1. The highest BCUT2D eigenvalue weighted by molar-refractivity contribution is 5.87. The molecule has 2 unspecified atom stereocenters. The van der Waals surface area contributed by atoms with Crippen LogP contribution in [0.15, 0.2) is 48.5 Å².